The van der Waals surface area contributed by atoms with Crippen LogP contribution in [0.15, 0.2) is 12.3 Å². The lowest BCUT2D eigenvalue weighted by molar-refractivity contribution is -0.149. The fourth-order valence-corrected chi connectivity index (χ4v) is 2.86. The maximum atomic E-state index is 12.6. The molecule has 1 aromatic rings. The molecule has 0 saturated carbocycles. The molecule has 21 heavy (non-hydrogen) atoms. The number of hydrogen-bond donors (Lipinski definition) is 1. The van der Waals surface area contributed by atoms with Gasteiger partial charge in [0.05, 0.1) is 0 Å². The number of nitrogens with one attached hydrogen (secondary N) is 1. The van der Waals surface area contributed by atoms with Gasteiger partial charge in [0.25, 0.3) is 0 Å². The van der Waals surface area contributed by atoms with Gasteiger partial charge in [0.2, 0.25) is 11.8 Å². The predicted octanol–water partition coefficient (Wildman–Crippen LogP) is 0.868. The summed E-state index contributed by atoms with van der Waals surface area (Å²) in [6.45, 7) is 4.52. The zero-order valence-electron chi connectivity index (χ0n) is 13.0. The Morgan fingerprint density at radius 1 is 1.33 bits per heavy atom. The standard InChI is InChI=1S/C15H24N4O2/c1-4-6-12-15(21)19(13(5-2)14(20)17-12)10-8-11-7-9-16-18(11)3/h7,9,12-13H,4-6,8,10H2,1-3H3,(H,17,20). The number of carbonyl (C=O) groups excluding carboxylic acids is 2. The van der Waals surface area contributed by atoms with Crippen LogP contribution >= 0.6 is 0 Å². The Morgan fingerprint density at radius 2 is 2.10 bits per heavy atom. The molecule has 0 bridgehead atoms. The number of aromatic nitrogens is 2. The van der Waals surface area contributed by atoms with Crippen LogP contribution in [0.1, 0.15) is 38.8 Å². The molecule has 116 valence electrons. The summed E-state index contributed by atoms with van der Waals surface area (Å²) in [5.74, 6) is 0.0195. The van der Waals surface area contributed by atoms with Crippen molar-refractivity contribution in [2.45, 2.75) is 51.6 Å². The fourth-order valence-electron chi connectivity index (χ4n) is 2.86. The molecule has 0 spiro atoms. The van der Waals surface area contributed by atoms with E-state index in [-0.39, 0.29) is 23.9 Å². The molecule has 6 heteroatoms. The molecule has 0 aliphatic carbocycles. The van der Waals surface area contributed by atoms with Gasteiger partial charge in [-0.15, -0.1) is 0 Å². The molecule has 1 aromatic heterocycles. The average Bonchev–Trinajstić information content (AvgIpc) is 2.86. The first kappa shape index (κ1) is 15.5. The van der Waals surface area contributed by atoms with E-state index in [1.54, 1.807) is 15.8 Å². The Morgan fingerprint density at radius 3 is 2.67 bits per heavy atom. The molecule has 1 N–H and O–H groups in total. The Hall–Kier alpha value is -1.85. The summed E-state index contributed by atoms with van der Waals surface area (Å²) in [5, 5.41) is 6.99. The lowest BCUT2D eigenvalue weighted by Gasteiger charge is -2.38. The van der Waals surface area contributed by atoms with Crippen molar-refractivity contribution in [2.75, 3.05) is 6.54 Å². The monoisotopic (exact) mass is 292 g/mol. The number of carbonyl (C=O) groups is 2. The van der Waals surface area contributed by atoms with Crippen molar-refractivity contribution < 1.29 is 9.59 Å². The van der Waals surface area contributed by atoms with Crippen molar-refractivity contribution in [3.05, 3.63) is 18.0 Å². The minimum Gasteiger partial charge on any atom is -0.343 e. The highest BCUT2D eigenvalue weighted by molar-refractivity contribution is 5.96. The molecule has 2 amide bonds. The molecule has 1 saturated heterocycles. The Bertz CT molecular complexity index is 512. The van der Waals surface area contributed by atoms with E-state index < -0.39 is 0 Å². The topological polar surface area (TPSA) is 67.2 Å². The third-order valence-electron chi connectivity index (χ3n) is 4.07. The first-order valence-electron chi connectivity index (χ1n) is 7.66. The molecule has 2 atom stereocenters. The zero-order valence-corrected chi connectivity index (χ0v) is 13.0. The number of amides is 2. The second-order valence-electron chi connectivity index (χ2n) is 5.50. The van der Waals surface area contributed by atoms with Crippen LogP contribution in [0.4, 0.5) is 0 Å². The highest BCUT2D eigenvalue weighted by Crippen LogP contribution is 2.16. The molecule has 6 nitrogen and oxygen atoms in total. The van der Waals surface area contributed by atoms with Gasteiger partial charge in [-0.25, -0.2) is 0 Å². The molecule has 2 heterocycles. The predicted molar refractivity (Wildman–Crippen MR) is 79.5 cm³/mol. The molecule has 1 aliphatic heterocycles. The van der Waals surface area contributed by atoms with Gasteiger partial charge in [-0.05, 0) is 18.9 Å². The van der Waals surface area contributed by atoms with E-state index in [1.807, 2.05) is 27.0 Å². The summed E-state index contributed by atoms with van der Waals surface area (Å²) in [5.41, 5.74) is 1.07. The smallest absolute Gasteiger partial charge is 0.245 e. The molecular weight excluding hydrogens is 268 g/mol. The van der Waals surface area contributed by atoms with Crippen molar-refractivity contribution in [1.82, 2.24) is 20.0 Å². The van der Waals surface area contributed by atoms with Gasteiger partial charge >= 0.3 is 0 Å². The molecule has 0 aromatic carbocycles. The van der Waals surface area contributed by atoms with E-state index in [0.717, 1.165) is 12.1 Å². The van der Waals surface area contributed by atoms with Gasteiger partial charge in [-0.3, -0.25) is 14.3 Å². The lowest BCUT2D eigenvalue weighted by Crippen LogP contribution is -2.63. The summed E-state index contributed by atoms with van der Waals surface area (Å²) in [4.78, 5) is 26.5. The second kappa shape index (κ2) is 6.74. The highest BCUT2D eigenvalue weighted by Gasteiger charge is 2.38. The lowest BCUT2D eigenvalue weighted by atomic mass is 10.0. The molecule has 1 aliphatic rings. The van der Waals surface area contributed by atoms with Gasteiger partial charge in [-0.1, -0.05) is 20.3 Å². The van der Waals surface area contributed by atoms with Gasteiger partial charge < -0.3 is 10.2 Å². The van der Waals surface area contributed by atoms with Crippen LogP contribution < -0.4 is 5.32 Å². The minimum atomic E-state index is -0.364. The van der Waals surface area contributed by atoms with Crippen LogP contribution in [0.3, 0.4) is 0 Å². The van der Waals surface area contributed by atoms with Crippen LogP contribution in [-0.4, -0.2) is 45.1 Å². The van der Waals surface area contributed by atoms with Gasteiger partial charge in [0.1, 0.15) is 12.1 Å². The average molecular weight is 292 g/mol. The Balaban J connectivity index is 2.10. The summed E-state index contributed by atoms with van der Waals surface area (Å²) in [6.07, 6.45) is 4.68. The van der Waals surface area contributed by atoms with Gasteiger partial charge in [0, 0.05) is 31.9 Å². The number of hydrogen-bond acceptors (Lipinski definition) is 3. The molecular formula is C15H24N4O2. The van der Waals surface area contributed by atoms with Crippen molar-refractivity contribution in [3.8, 4) is 0 Å². The normalized spacial score (nSPS) is 22.5. The maximum Gasteiger partial charge on any atom is 0.245 e. The third kappa shape index (κ3) is 3.25. The van der Waals surface area contributed by atoms with Crippen LogP contribution in [0, 0.1) is 0 Å². The molecule has 2 unspecified atom stereocenters. The van der Waals surface area contributed by atoms with Crippen molar-refractivity contribution >= 4 is 11.8 Å². The van der Waals surface area contributed by atoms with Gasteiger partial charge in [0.15, 0.2) is 0 Å². The van der Waals surface area contributed by atoms with Crippen molar-refractivity contribution in [2.24, 2.45) is 7.05 Å². The van der Waals surface area contributed by atoms with Crippen LogP contribution in [0.2, 0.25) is 0 Å². The summed E-state index contributed by atoms with van der Waals surface area (Å²) in [7, 11) is 1.89. The third-order valence-corrected chi connectivity index (χ3v) is 4.07. The van der Waals surface area contributed by atoms with E-state index in [9.17, 15) is 9.59 Å². The molecule has 1 fully saturated rings. The molecule has 2 rings (SSSR count). The number of rotatable bonds is 6. The van der Waals surface area contributed by atoms with Crippen molar-refractivity contribution in [3.63, 3.8) is 0 Å². The highest BCUT2D eigenvalue weighted by atomic mass is 16.2. The quantitative estimate of drug-likeness (QED) is 0.846. The molecule has 0 radical (unpaired) electrons. The Kier molecular flexibility index (Phi) is 4.98. The Labute approximate surface area is 125 Å². The number of nitrogens with zero attached hydrogens (tertiary/aromatic N) is 3. The first-order chi connectivity index (χ1) is 10.1. The van der Waals surface area contributed by atoms with E-state index in [1.165, 1.54) is 0 Å². The van der Waals surface area contributed by atoms with E-state index >= 15 is 0 Å². The number of piperazine rings is 1. The second-order valence-corrected chi connectivity index (χ2v) is 5.50. The van der Waals surface area contributed by atoms with Crippen LogP contribution in [0.25, 0.3) is 0 Å². The van der Waals surface area contributed by atoms with E-state index in [4.69, 9.17) is 0 Å². The summed E-state index contributed by atoms with van der Waals surface area (Å²) >= 11 is 0. The van der Waals surface area contributed by atoms with Crippen LogP contribution in [-0.2, 0) is 23.1 Å². The fraction of sp³-hybridized carbons (Fsp3) is 0.667. The maximum absolute atomic E-state index is 12.6. The first-order valence-corrected chi connectivity index (χ1v) is 7.66. The summed E-state index contributed by atoms with van der Waals surface area (Å²) in [6, 6.07) is 1.23. The number of aryl methyl sites for hydroxylation is 1. The summed E-state index contributed by atoms with van der Waals surface area (Å²) < 4.78 is 1.80. The zero-order chi connectivity index (χ0) is 15.4. The van der Waals surface area contributed by atoms with E-state index in [0.29, 0.717) is 25.8 Å². The van der Waals surface area contributed by atoms with Crippen molar-refractivity contribution in [1.29, 1.82) is 0 Å². The van der Waals surface area contributed by atoms with Crippen LogP contribution in [0.5, 0.6) is 0 Å². The van der Waals surface area contributed by atoms with E-state index in [2.05, 4.69) is 10.4 Å². The minimum absolute atomic E-state index is 0.0273. The largest absolute Gasteiger partial charge is 0.343 e. The van der Waals surface area contributed by atoms with Gasteiger partial charge in [-0.2, -0.15) is 5.10 Å². The SMILES string of the molecule is CCCC1NC(=O)C(CC)N(CCc2ccnn2C)C1=O.